The van der Waals surface area contributed by atoms with Crippen molar-refractivity contribution in [1.29, 1.82) is 0 Å². The number of benzene rings is 2. The average Bonchev–Trinajstić information content (AvgIpc) is 3.06. The van der Waals surface area contributed by atoms with Gasteiger partial charge in [0.05, 0.1) is 25.0 Å². The number of piperidine rings is 1. The van der Waals surface area contributed by atoms with Gasteiger partial charge in [-0.25, -0.2) is 0 Å². The van der Waals surface area contributed by atoms with Crippen molar-refractivity contribution in [1.82, 2.24) is 4.90 Å². The molecule has 32 heavy (non-hydrogen) atoms. The number of likely N-dealkylation sites (tertiary alicyclic amines) is 1. The van der Waals surface area contributed by atoms with Gasteiger partial charge in [0.2, 0.25) is 0 Å². The Bertz CT molecular complexity index is 1010. The van der Waals surface area contributed by atoms with Gasteiger partial charge in [-0.15, -0.1) is 0 Å². The highest BCUT2D eigenvalue weighted by molar-refractivity contribution is 6.52. The smallest absolute Gasteiger partial charge is 0.300 e. The summed E-state index contributed by atoms with van der Waals surface area (Å²) in [5, 5.41) is 0. The molecule has 2 aromatic carbocycles. The molecule has 3 heterocycles. The molecule has 2 aromatic rings. The normalized spacial score (nSPS) is 18.7. The van der Waals surface area contributed by atoms with Gasteiger partial charge in [0.1, 0.15) is 19.0 Å². The van der Waals surface area contributed by atoms with Crippen LogP contribution in [0.2, 0.25) is 0 Å². The lowest BCUT2D eigenvalue weighted by Gasteiger charge is -2.34. The molecule has 0 N–H and O–H groups in total. The van der Waals surface area contributed by atoms with Crippen molar-refractivity contribution < 1.29 is 23.8 Å². The van der Waals surface area contributed by atoms with E-state index in [1.807, 2.05) is 12.1 Å². The molecule has 5 rings (SSSR count). The minimum Gasteiger partial charge on any atom is -0.497 e. The number of ketones is 1. The summed E-state index contributed by atoms with van der Waals surface area (Å²) in [5.41, 5.74) is 2.38. The summed E-state index contributed by atoms with van der Waals surface area (Å²) in [7, 11) is 1.68. The molecule has 0 unspecified atom stereocenters. The molecule has 0 atom stereocenters. The molecule has 0 radical (unpaired) electrons. The zero-order valence-electron chi connectivity index (χ0n) is 18.3. The quantitative estimate of drug-likeness (QED) is 0.648. The number of hydrogen-bond donors (Lipinski definition) is 0. The first-order valence-corrected chi connectivity index (χ1v) is 11.3. The minimum atomic E-state index is -0.469. The third-order valence-electron chi connectivity index (χ3n) is 6.68. The number of ether oxygens (including phenoxy) is 3. The summed E-state index contributed by atoms with van der Waals surface area (Å²) in [6.45, 7) is 3.20. The lowest BCUT2D eigenvalue weighted by Crippen LogP contribution is -2.44. The van der Waals surface area contributed by atoms with Crippen LogP contribution < -0.4 is 19.1 Å². The van der Waals surface area contributed by atoms with E-state index in [0.29, 0.717) is 48.6 Å². The molecule has 0 aliphatic carbocycles. The van der Waals surface area contributed by atoms with Gasteiger partial charge in [-0.2, -0.15) is 0 Å². The number of anilines is 1. The third kappa shape index (κ3) is 4.05. The van der Waals surface area contributed by atoms with Gasteiger partial charge in [0.25, 0.3) is 5.78 Å². The van der Waals surface area contributed by atoms with Crippen molar-refractivity contribution in [2.45, 2.75) is 25.7 Å². The van der Waals surface area contributed by atoms with E-state index >= 15 is 0 Å². The van der Waals surface area contributed by atoms with Crippen molar-refractivity contribution in [3.8, 4) is 17.2 Å². The van der Waals surface area contributed by atoms with Crippen LogP contribution in [0.15, 0.2) is 36.4 Å². The van der Waals surface area contributed by atoms with Crippen LogP contribution in [0.3, 0.4) is 0 Å². The van der Waals surface area contributed by atoms with Crippen LogP contribution in [-0.4, -0.2) is 56.7 Å². The van der Waals surface area contributed by atoms with Gasteiger partial charge in [-0.05, 0) is 55.4 Å². The Labute approximate surface area is 187 Å². The highest BCUT2D eigenvalue weighted by Crippen LogP contribution is 2.40. The first kappa shape index (κ1) is 20.8. The molecule has 0 aromatic heterocycles. The second kappa shape index (κ2) is 8.82. The van der Waals surface area contributed by atoms with Gasteiger partial charge < -0.3 is 14.2 Å². The number of methoxy groups -OCH3 is 1. The van der Waals surface area contributed by atoms with E-state index in [4.69, 9.17) is 14.2 Å². The lowest BCUT2D eigenvalue weighted by molar-refractivity contribution is -0.114. The van der Waals surface area contributed by atoms with Crippen LogP contribution in [0.25, 0.3) is 0 Å². The Balaban J connectivity index is 1.17. The van der Waals surface area contributed by atoms with Gasteiger partial charge in [-0.1, -0.05) is 12.1 Å². The number of fused-ring (bicyclic) bond motifs is 2. The summed E-state index contributed by atoms with van der Waals surface area (Å²) in [6.07, 6.45) is 4.42. The van der Waals surface area contributed by atoms with Crippen molar-refractivity contribution in [2.24, 2.45) is 5.92 Å². The summed E-state index contributed by atoms with van der Waals surface area (Å²) in [5.74, 6) is 1.76. The van der Waals surface area contributed by atoms with E-state index in [1.165, 1.54) is 5.56 Å². The van der Waals surface area contributed by atoms with Gasteiger partial charge in [0.15, 0.2) is 11.5 Å². The molecule has 3 aliphatic heterocycles. The number of aryl methyl sites for hydroxylation is 1. The van der Waals surface area contributed by atoms with Crippen molar-refractivity contribution in [3.63, 3.8) is 0 Å². The van der Waals surface area contributed by atoms with E-state index in [2.05, 4.69) is 17.0 Å². The van der Waals surface area contributed by atoms with E-state index in [1.54, 1.807) is 24.1 Å². The van der Waals surface area contributed by atoms with E-state index < -0.39 is 11.7 Å². The first-order chi connectivity index (χ1) is 15.6. The first-order valence-electron chi connectivity index (χ1n) is 11.3. The molecular weight excluding hydrogens is 408 g/mol. The molecule has 1 saturated heterocycles. The number of carbonyl (C=O) groups excluding carboxylic acids is 2. The van der Waals surface area contributed by atoms with Crippen LogP contribution >= 0.6 is 0 Å². The number of amides is 1. The summed E-state index contributed by atoms with van der Waals surface area (Å²) >= 11 is 0. The molecule has 7 nitrogen and oxygen atoms in total. The molecule has 0 bridgehead atoms. The molecular formula is C25H28N2O5. The van der Waals surface area contributed by atoms with Crippen LogP contribution in [0.4, 0.5) is 5.69 Å². The van der Waals surface area contributed by atoms with Crippen LogP contribution in [0, 0.1) is 5.92 Å². The second-order valence-corrected chi connectivity index (χ2v) is 8.66. The molecule has 7 heteroatoms. The zero-order chi connectivity index (χ0) is 22.1. The summed E-state index contributed by atoms with van der Waals surface area (Å²) in [4.78, 5) is 29.1. The monoisotopic (exact) mass is 436 g/mol. The highest BCUT2D eigenvalue weighted by Gasteiger charge is 2.38. The molecule has 168 valence electrons. The Morgan fingerprint density at radius 3 is 2.38 bits per heavy atom. The second-order valence-electron chi connectivity index (χ2n) is 8.66. The largest absolute Gasteiger partial charge is 0.497 e. The SMILES string of the molecule is COc1ccc(CCC2CCN(CN3C(=O)C(=O)c4cc5c(cc43)OCCO5)CC2)cc1. The Kier molecular flexibility index (Phi) is 5.74. The molecule has 1 amide bonds. The van der Waals surface area contributed by atoms with Gasteiger partial charge >= 0.3 is 5.91 Å². The predicted molar refractivity (Wildman–Crippen MR) is 120 cm³/mol. The predicted octanol–water partition coefficient (Wildman–Crippen LogP) is 3.30. The molecule has 0 spiro atoms. The topological polar surface area (TPSA) is 68.3 Å². The maximum atomic E-state index is 12.7. The maximum absolute atomic E-state index is 12.7. The Morgan fingerprint density at radius 1 is 1.00 bits per heavy atom. The standard InChI is InChI=1S/C25H28N2O5/c1-30-19-6-4-17(5-7-19)2-3-18-8-10-26(11-9-18)16-27-21-15-23-22(31-12-13-32-23)14-20(21)24(28)25(27)29/h4-7,14-15,18H,2-3,8-13,16H2,1H3. The number of rotatable bonds is 6. The fourth-order valence-electron chi connectivity index (χ4n) is 4.75. The fourth-order valence-corrected chi connectivity index (χ4v) is 4.75. The number of carbonyl (C=O) groups is 2. The number of nitrogens with zero attached hydrogens (tertiary/aromatic N) is 2. The number of Topliss-reactive ketones (excluding diaryl/α,β-unsaturated/α-hetero) is 1. The highest BCUT2D eigenvalue weighted by atomic mass is 16.6. The van der Waals surface area contributed by atoms with Gasteiger partial charge in [-0.3, -0.25) is 19.4 Å². The Hall–Kier alpha value is -3.06. The van der Waals surface area contributed by atoms with Crippen LogP contribution in [0.5, 0.6) is 17.2 Å². The molecule has 0 saturated carbocycles. The zero-order valence-corrected chi connectivity index (χ0v) is 18.3. The maximum Gasteiger partial charge on any atom is 0.300 e. The minimum absolute atomic E-state index is 0.411. The van der Waals surface area contributed by atoms with Crippen LogP contribution in [-0.2, 0) is 11.2 Å². The van der Waals surface area contributed by atoms with Crippen molar-refractivity contribution in [2.75, 3.05) is 45.0 Å². The van der Waals surface area contributed by atoms with E-state index in [0.717, 1.165) is 44.5 Å². The van der Waals surface area contributed by atoms with Crippen molar-refractivity contribution >= 4 is 17.4 Å². The average molecular weight is 437 g/mol. The van der Waals surface area contributed by atoms with Gasteiger partial charge in [0, 0.05) is 19.2 Å². The fraction of sp³-hybridized carbons (Fsp3) is 0.440. The summed E-state index contributed by atoms with van der Waals surface area (Å²) in [6, 6.07) is 11.7. The third-order valence-corrected chi connectivity index (χ3v) is 6.68. The number of hydrogen-bond acceptors (Lipinski definition) is 6. The van der Waals surface area contributed by atoms with Crippen LogP contribution in [0.1, 0.15) is 35.2 Å². The molecule has 1 fully saturated rings. The van der Waals surface area contributed by atoms with Crippen molar-refractivity contribution in [3.05, 3.63) is 47.5 Å². The van der Waals surface area contributed by atoms with E-state index in [-0.39, 0.29) is 0 Å². The molecule has 3 aliphatic rings. The summed E-state index contributed by atoms with van der Waals surface area (Å²) < 4.78 is 16.5. The lowest BCUT2D eigenvalue weighted by atomic mass is 9.90. The van der Waals surface area contributed by atoms with E-state index in [9.17, 15) is 9.59 Å². The Morgan fingerprint density at radius 2 is 1.69 bits per heavy atom.